The van der Waals surface area contributed by atoms with Gasteiger partial charge in [-0.05, 0) is 12.1 Å². The summed E-state index contributed by atoms with van der Waals surface area (Å²) in [4.78, 5) is 2.28. The van der Waals surface area contributed by atoms with Gasteiger partial charge in [-0.15, -0.1) is 0 Å². The molecule has 0 aliphatic carbocycles. The van der Waals surface area contributed by atoms with Gasteiger partial charge in [-0.25, -0.2) is 0 Å². The van der Waals surface area contributed by atoms with E-state index in [0.717, 1.165) is 26.3 Å². The van der Waals surface area contributed by atoms with Gasteiger partial charge >= 0.3 is 7.69 Å². The lowest BCUT2D eigenvalue weighted by atomic mass is 10.2. The van der Waals surface area contributed by atoms with E-state index in [1.54, 1.807) is 0 Å². The van der Waals surface area contributed by atoms with Crippen molar-refractivity contribution >= 4 is 13.4 Å². The van der Waals surface area contributed by atoms with Crippen LogP contribution in [-0.2, 0) is 9.31 Å². The van der Waals surface area contributed by atoms with Gasteiger partial charge in [0, 0.05) is 32.0 Å². The Kier molecular flexibility index (Phi) is 3.43. The van der Waals surface area contributed by atoms with E-state index < -0.39 is 0 Å². The highest BCUT2D eigenvalue weighted by Crippen LogP contribution is 2.12. The summed E-state index contributed by atoms with van der Waals surface area (Å²) in [6.45, 7) is 3.34. The summed E-state index contributed by atoms with van der Waals surface area (Å²) in [6.07, 6.45) is 0. The van der Waals surface area contributed by atoms with Crippen LogP contribution in [0.4, 0.5) is 5.69 Å². The minimum Gasteiger partial charge on any atom is -0.412 e. The Hall–Kier alpha value is -0.995. The van der Waals surface area contributed by atoms with E-state index in [1.165, 1.54) is 5.69 Å². The molecule has 1 aliphatic heterocycles. The predicted molar refractivity (Wildman–Crippen MR) is 57.7 cm³/mol. The topological polar surface area (TPSA) is 21.7 Å². The first-order chi connectivity index (χ1) is 6.97. The molecule has 74 valence electrons. The Bertz CT molecular complexity index is 260. The first-order valence-electron chi connectivity index (χ1n) is 4.92. The molecule has 1 aromatic rings. The average Bonchev–Trinajstić information content (AvgIpc) is 2.18. The summed E-state index contributed by atoms with van der Waals surface area (Å²) in [7, 11) is 0.433. The maximum atomic E-state index is 5.26. The fourth-order valence-electron chi connectivity index (χ4n) is 1.54. The zero-order valence-electron chi connectivity index (χ0n) is 8.19. The van der Waals surface area contributed by atoms with E-state index in [9.17, 15) is 0 Å². The van der Waals surface area contributed by atoms with Gasteiger partial charge in [0.1, 0.15) is 0 Å². The molecule has 3 nitrogen and oxygen atoms in total. The molecule has 0 spiro atoms. The zero-order chi connectivity index (χ0) is 9.64. The van der Waals surface area contributed by atoms with Gasteiger partial charge in [0.05, 0.1) is 0 Å². The molecule has 0 aromatic heterocycles. The van der Waals surface area contributed by atoms with Crippen molar-refractivity contribution in [2.24, 2.45) is 0 Å². The second kappa shape index (κ2) is 5.03. The SMILES string of the molecule is B1OCCN(c2ccccc2)CCO1. The van der Waals surface area contributed by atoms with Crippen molar-refractivity contribution in [2.45, 2.75) is 0 Å². The number of para-hydroxylation sites is 1. The Labute approximate surface area is 84.9 Å². The molecule has 0 atom stereocenters. The smallest absolute Gasteiger partial charge is 0.412 e. The van der Waals surface area contributed by atoms with Gasteiger partial charge in [0.25, 0.3) is 0 Å². The molecule has 2 rings (SSSR count). The van der Waals surface area contributed by atoms with Gasteiger partial charge in [0.15, 0.2) is 0 Å². The first-order valence-corrected chi connectivity index (χ1v) is 4.92. The van der Waals surface area contributed by atoms with Gasteiger partial charge in [-0.1, -0.05) is 18.2 Å². The molecule has 0 amide bonds. The van der Waals surface area contributed by atoms with Crippen LogP contribution in [0.15, 0.2) is 30.3 Å². The summed E-state index contributed by atoms with van der Waals surface area (Å²) in [5, 5.41) is 0. The molecule has 0 bridgehead atoms. The average molecular weight is 191 g/mol. The molecule has 14 heavy (non-hydrogen) atoms. The molecular weight excluding hydrogens is 177 g/mol. The molecule has 0 saturated carbocycles. The molecule has 1 heterocycles. The van der Waals surface area contributed by atoms with Crippen molar-refractivity contribution in [1.29, 1.82) is 0 Å². The molecule has 1 fully saturated rings. The number of anilines is 1. The molecule has 4 heteroatoms. The van der Waals surface area contributed by atoms with Crippen LogP contribution in [0.2, 0.25) is 0 Å². The lowest BCUT2D eigenvalue weighted by molar-refractivity contribution is 0.211. The summed E-state index contributed by atoms with van der Waals surface area (Å²) >= 11 is 0. The quantitative estimate of drug-likeness (QED) is 0.613. The molecule has 1 aliphatic rings. The second-order valence-electron chi connectivity index (χ2n) is 3.26. The van der Waals surface area contributed by atoms with Crippen molar-refractivity contribution in [1.82, 2.24) is 0 Å². The second-order valence-corrected chi connectivity index (χ2v) is 3.26. The summed E-state index contributed by atoms with van der Waals surface area (Å²) in [5.41, 5.74) is 1.24. The Morgan fingerprint density at radius 1 is 1.00 bits per heavy atom. The number of benzene rings is 1. The third kappa shape index (κ3) is 2.50. The van der Waals surface area contributed by atoms with Crippen LogP contribution in [0.1, 0.15) is 0 Å². The fourth-order valence-corrected chi connectivity index (χ4v) is 1.54. The highest BCUT2D eigenvalue weighted by Gasteiger charge is 2.08. The van der Waals surface area contributed by atoms with E-state index in [0.29, 0.717) is 7.69 Å². The van der Waals surface area contributed by atoms with Crippen molar-refractivity contribution in [3.63, 3.8) is 0 Å². The van der Waals surface area contributed by atoms with Crippen LogP contribution in [0.3, 0.4) is 0 Å². The minimum absolute atomic E-state index is 0.433. The number of hydrogen-bond donors (Lipinski definition) is 0. The summed E-state index contributed by atoms with van der Waals surface area (Å²) in [6, 6.07) is 10.4. The number of nitrogens with zero attached hydrogens (tertiary/aromatic N) is 1. The van der Waals surface area contributed by atoms with Crippen molar-refractivity contribution in [3.05, 3.63) is 30.3 Å². The molecular formula is C10H14BNO2. The van der Waals surface area contributed by atoms with Crippen LogP contribution in [-0.4, -0.2) is 34.0 Å². The number of hydrogen-bond acceptors (Lipinski definition) is 3. The maximum Gasteiger partial charge on any atom is 0.438 e. The van der Waals surface area contributed by atoms with Gasteiger partial charge < -0.3 is 14.2 Å². The monoisotopic (exact) mass is 191 g/mol. The zero-order valence-corrected chi connectivity index (χ0v) is 8.19. The van der Waals surface area contributed by atoms with E-state index in [1.807, 2.05) is 6.07 Å². The molecule has 1 saturated heterocycles. The minimum atomic E-state index is 0.433. The van der Waals surface area contributed by atoms with Crippen LogP contribution >= 0.6 is 0 Å². The Balaban J connectivity index is 2.01. The number of rotatable bonds is 1. The van der Waals surface area contributed by atoms with Gasteiger partial charge in [-0.3, -0.25) is 0 Å². The highest BCUT2D eigenvalue weighted by molar-refractivity contribution is 6.17. The standard InChI is InChI=1S/C10H14BNO2/c1-2-4-10(5-3-1)12-6-8-13-11-14-9-7-12/h1-5,11H,6-9H2. The first kappa shape index (κ1) is 9.56. The predicted octanol–water partition coefficient (Wildman–Crippen LogP) is 0.806. The summed E-state index contributed by atoms with van der Waals surface area (Å²) < 4.78 is 10.5. The van der Waals surface area contributed by atoms with Crippen LogP contribution in [0.5, 0.6) is 0 Å². The Morgan fingerprint density at radius 3 is 2.29 bits per heavy atom. The molecule has 0 unspecified atom stereocenters. The third-order valence-electron chi connectivity index (χ3n) is 2.30. The van der Waals surface area contributed by atoms with E-state index >= 15 is 0 Å². The third-order valence-corrected chi connectivity index (χ3v) is 2.30. The molecule has 1 aromatic carbocycles. The van der Waals surface area contributed by atoms with Gasteiger partial charge in [0.2, 0.25) is 0 Å². The normalized spacial score (nSPS) is 18.1. The van der Waals surface area contributed by atoms with Gasteiger partial charge in [-0.2, -0.15) is 0 Å². The van der Waals surface area contributed by atoms with Crippen LogP contribution < -0.4 is 4.90 Å². The molecule has 0 N–H and O–H groups in total. The van der Waals surface area contributed by atoms with Crippen molar-refractivity contribution in [3.8, 4) is 0 Å². The van der Waals surface area contributed by atoms with E-state index in [-0.39, 0.29) is 0 Å². The van der Waals surface area contributed by atoms with Crippen molar-refractivity contribution < 1.29 is 9.31 Å². The fraction of sp³-hybridized carbons (Fsp3) is 0.400. The summed E-state index contributed by atoms with van der Waals surface area (Å²) in [5.74, 6) is 0. The molecule has 0 radical (unpaired) electrons. The van der Waals surface area contributed by atoms with Crippen LogP contribution in [0.25, 0.3) is 0 Å². The lowest BCUT2D eigenvalue weighted by Crippen LogP contribution is -2.34. The highest BCUT2D eigenvalue weighted by atomic mass is 16.6. The largest absolute Gasteiger partial charge is 0.438 e. The van der Waals surface area contributed by atoms with E-state index in [4.69, 9.17) is 9.31 Å². The lowest BCUT2D eigenvalue weighted by Gasteiger charge is -2.26. The van der Waals surface area contributed by atoms with E-state index in [2.05, 4.69) is 29.2 Å². The van der Waals surface area contributed by atoms with Crippen molar-refractivity contribution in [2.75, 3.05) is 31.2 Å². The Morgan fingerprint density at radius 2 is 1.64 bits per heavy atom. The maximum absolute atomic E-state index is 5.26. The van der Waals surface area contributed by atoms with Crippen LogP contribution in [0, 0.1) is 0 Å².